The maximum absolute atomic E-state index is 12.1. The Morgan fingerprint density at radius 3 is 2.45 bits per heavy atom. The van der Waals surface area contributed by atoms with Crippen LogP contribution in [0.2, 0.25) is 0 Å². The first-order valence-electron chi connectivity index (χ1n) is 6.65. The van der Waals surface area contributed by atoms with Crippen LogP contribution in [-0.4, -0.2) is 60.3 Å². The van der Waals surface area contributed by atoms with Gasteiger partial charge in [0.25, 0.3) is 0 Å². The van der Waals surface area contributed by atoms with E-state index in [1.807, 2.05) is 0 Å². The Morgan fingerprint density at radius 2 is 1.90 bits per heavy atom. The van der Waals surface area contributed by atoms with Crippen molar-refractivity contribution < 1.29 is 19.6 Å². The highest BCUT2D eigenvalue weighted by Crippen LogP contribution is 2.06. The summed E-state index contributed by atoms with van der Waals surface area (Å²) in [7, 11) is -1.48. The summed E-state index contributed by atoms with van der Waals surface area (Å²) in [5.74, 6) is -0.0698. The number of rotatable bonds is 4. The van der Waals surface area contributed by atoms with Gasteiger partial charge < -0.3 is 25.4 Å². The van der Waals surface area contributed by atoms with Gasteiger partial charge in [0.1, 0.15) is 0 Å². The van der Waals surface area contributed by atoms with Gasteiger partial charge in [-0.15, -0.1) is 0 Å². The summed E-state index contributed by atoms with van der Waals surface area (Å²) in [6, 6.07) is 6.15. The van der Waals surface area contributed by atoms with E-state index in [1.54, 1.807) is 29.2 Å². The van der Waals surface area contributed by atoms with E-state index in [2.05, 4.69) is 0 Å². The van der Waals surface area contributed by atoms with E-state index >= 15 is 0 Å². The Morgan fingerprint density at radius 1 is 1.30 bits per heavy atom. The summed E-state index contributed by atoms with van der Waals surface area (Å²) >= 11 is 0. The summed E-state index contributed by atoms with van der Waals surface area (Å²) in [4.78, 5) is 13.9. The molecular formula is C13H19BN2O4. The van der Waals surface area contributed by atoms with Crippen molar-refractivity contribution in [2.45, 2.75) is 12.5 Å². The molecule has 0 saturated carbocycles. The van der Waals surface area contributed by atoms with Crippen molar-refractivity contribution in [3.63, 3.8) is 0 Å². The fraction of sp³-hybridized carbons (Fsp3) is 0.462. The largest absolute Gasteiger partial charge is 0.488 e. The summed E-state index contributed by atoms with van der Waals surface area (Å²) in [6.07, 6.45) is 0.429. The van der Waals surface area contributed by atoms with Crippen molar-refractivity contribution in [3.8, 4) is 0 Å². The zero-order chi connectivity index (χ0) is 14.5. The molecule has 0 bridgehead atoms. The van der Waals surface area contributed by atoms with Crippen LogP contribution in [0.3, 0.4) is 0 Å². The molecule has 1 aromatic rings. The minimum absolute atomic E-state index is 0.0698. The quantitative estimate of drug-likeness (QED) is 0.559. The smallest absolute Gasteiger partial charge is 0.423 e. The average Bonchev–Trinajstić information content (AvgIpc) is 2.48. The molecule has 7 heteroatoms. The van der Waals surface area contributed by atoms with Crippen molar-refractivity contribution in [3.05, 3.63) is 29.8 Å². The topological polar surface area (TPSA) is 96.0 Å². The first kappa shape index (κ1) is 15.0. The molecular weight excluding hydrogens is 259 g/mol. The second-order valence-corrected chi connectivity index (χ2v) is 4.86. The fourth-order valence-corrected chi connectivity index (χ4v) is 2.19. The monoisotopic (exact) mass is 278 g/mol. The molecule has 1 aromatic carbocycles. The van der Waals surface area contributed by atoms with Crippen LogP contribution in [0.5, 0.6) is 0 Å². The standard InChI is InChI=1S/C13H19BN2O4/c15-12(13(17)16-5-7-20-8-6-16)9-10-1-3-11(4-2-10)14(18)19/h1-4,12,18-19H,5-9,15H2/t12-/m0/s1. The molecule has 0 aromatic heterocycles. The van der Waals surface area contributed by atoms with Gasteiger partial charge in [0.15, 0.2) is 0 Å². The Kier molecular flexibility index (Phi) is 5.14. The predicted octanol–water partition coefficient (Wildman–Crippen LogP) is -1.90. The molecule has 1 amide bonds. The molecule has 20 heavy (non-hydrogen) atoms. The summed E-state index contributed by atoms with van der Waals surface area (Å²) in [5.41, 5.74) is 7.26. The fourth-order valence-electron chi connectivity index (χ4n) is 2.19. The lowest BCUT2D eigenvalue weighted by Gasteiger charge is -2.29. The number of hydrogen-bond acceptors (Lipinski definition) is 5. The van der Waals surface area contributed by atoms with Crippen molar-refractivity contribution in [2.24, 2.45) is 5.73 Å². The molecule has 1 fully saturated rings. The lowest BCUT2D eigenvalue weighted by atomic mass is 9.80. The molecule has 1 atom stereocenters. The van der Waals surface area contributed by atoms with E-state index < -0.39 is 13.2 Å². The van der Waals surface area contributed by atoms with Gasteiger partial charge in [0.2, 0.25) is 5.91 Å². The molecule has 0 aliphatic carbocycles. The predicted molar refractivity (Wildman–Crippen MR) is 75.3 cm³/mol. The molecule has 108 valence electrons. The SMILES string of the molecule is N[C@@H](Cc1ccc(B(O)O)cc1)C(=O)N1CCOCC1. The van der Waals surface area contributed by atoms with Crippen LogP contribution in [0.1, 0.15) is 5.56 Å². The number of carbonyl (C=O) groups excluding carboxylic acids is 1. The maximum Gasteiger partial charge on any atom is 0.488 e. The molecule has 6 nitrogen and oxygen atoms in total. The Bertz CT molecular complexity index is 446. The van der Waals surface area contributed by atoms with Crippen molar-refractivity contribution in [2.75, 3.05) is 26.3 Å². The van der Waals surface area contributed by atoms with E-state index in [0.29, 0.717) is 38.2 Å². The highest BCUT2D eigenvalue weighted by Gasteiger charge is 2.23. The van der Waals surface area contributed by atoms with Crippen molar-refractivity contribution >= 4 is 18.5 Å². The summed E-state index contributed by atoms with van der Waals surface area (Å²) in [6.45, 7) is 2.29. The van der Waals surface area contributed by atoms with E-state index in [0.717, 1.165) is 5.56 Å². The van der Waals surface area contributed by atoms with Gasteiger partial charge in [-0.3, -0.25) is 4.79 Å². The van der Waals surface area contributed by atoms with E-state index in [4.69, 9.17) is 20.5 Å². The third-order valence-corrected chi connectivity index (χ3v) is 3.37. The Balaban J connectivity index is 1.92. The highest BCUT2D eigenvalue weighted by molar-refractivity contribution is 6.58. The van der Waals surface area contributed by atoms with Crippen LogP contribution in [-0.2, 0) is 16.0 Å². The van der Waals surface area contributed by atoms with Crippen molar-refractivity contribution in [1.29, 1.82) is 0 Å². The Labute approximate surface area is 118 Å². The molecule has 1 saturated heterocycles. The van der Waals surface area contributed by atoms with Gasteiger partial charge in [-0.25, -0.2) is 0 Å². The second kappa shape index (κ2) is 6.85. The maximum atomic E-state index is 12.1. The number of ether oxygens (including phenoxy) is 1. The van der Waals surface area contributed by atoms with E-state index in [9.17, 15) is 4.79 Å². The van der Waals surface area contributed by atoms with Crippen LogP contribution >= 0.6 is 0 Å². The molecule has 2 rings (SSSR count). The van der Waals surface area contributed by atoms with Gasteiger partial charge in [-0.05, 0) is 17.4 Å². The minimum atomic E-state index is -1.48. The minimum Gasteiger partial charge on any atom is -0.423 e. The lowest BCUT2D eigenvalue weighted by Crippen LogP contribution is -2.49. The molecule has 0 spiro atoms. The number of hydrogen-bond donors (Lipinski definition) is 3. The number of amides is 1. The van der Waals surface area contributed by atoms with Crippen LogP contribution in [0.15, 0.2) is 24.3 Å². The number of nitrogens with zero attached hydrogens (tertiary/aromatic N) is 1. The molecule has 0 unspecified atom stereocenters. The van der Waals surface area contributed by atoms with E-state index in [-0.39, 0.29) is 5.91 Å². The first-order chi connectivity index (χ1) is 9.58. The lowest BCUT2D eigenvalue weighted by molar-refractivity contribution is -0.136. The summed E-state index contributed by atoms with van der Waals surface area (Å²) < 4.78 is 5.20. The van der Waals surface area contributed by atoms with Crippen LogP contribution in [0, 0.1) is 0 Å². The van der Waals surface area contributed by atoms with Gasteiger partial charge >= 0.3 is 7.12 Å². The highest BCUT2D eigenvalue weighted by atomic mass is 16.5. The third-order valence-electron chi connectivity index (χ3n) is 3.37. The first-order valence-corrected chi connectivity index (χ1v) is 6.65. The van der Waals surface area contributed by atoms with Gasteiger partial charge in [0, 0.05) is 13.1 Å². The van der Waals surface area contributed by atoms with Gasteiger partial charge in [-0.2, -0.15) is 0 Å². The zero-order valence-corrected chi connectivity index (χ0v) is 11.2. The summed E-state index contributed by atoms with van der Waals surface area (Å²) in [5, 5.41) is 18.0. The second-order valence-electron chi connectivity index (χ2n) is 4.86. The molecule has 0 radical (unpaired) electrons. The Hall–Kier alpha value is -1.41. The molecule has 1 aliphatic heterocycles. The van der Waals surface area contributed by atoms with Gasteiger partial charge in [0.05, 0.1) is 19.3 Å². The number of benzene rings is 1. The van der Waals surface area contributed by atoms with Crippen LogP contribution in [0.25, 0.3) is 0 Å². The molecule has 1 heterocycles. The molecule has 4 N–H and O–H groups in total. The van der Waals surface area contributed by atoms with Crippen molar-refractivity contribution in [1.82, 2.24) is 4.90 Å². The van der Waals surface area contributed by atoms with E-state index in [1.165, 1.54) is 0 Å². The normalized spacial score (nSPS) is 16.9. The third kappa shape index (κ3) is 3.80. The average molecular weight is 278 g/mol. The van der Waals surface area contributed by atoms with Crippen LogP contribution in [0.4, 0.5) is 0 Å². The van der Waals surface area contributed by atoms with Crippen LogP contribution < -0.4 is 11.2 Å². The number of morpholine rings is 1. The van der Waals surface area contributed by atoms with Gasteiger partial charge in [-0.1, -0.05) is 24.3 Å². The number of carbonyl (C=O) groups is 1. The number of nitrogens with two attached hydrogens (primary N) is 1. The zero-order valence-electron chi connectivity index (χ0n) is 11.2. The molecule has 1 aliphatic rings.